The van der Waals surface area contributed by atoms with Crippen LogP contribution in [0.2, 0.25) is 0 Å². The summed E-state index contributed by atoms with van der Waals surface area (Å²) in [4.78, 5) is 20.6. The second-order valence-corrected chi connectivity index (χ2v) is 55.0. The van der Waals surface area contributed by atoms with E-state index in [1.54, 1.807) is 67.2 Å². The molecule has 5 fully saturated rings. The molecule has 0 spiro atoms. The Morgan fingerprint density at radius 2 is 0.511 bits per heavy atom. The van der Waals surface area contributed by atoms with E-state index in [4.69, 9.17) is 89.9 Å². The Morgan fingerprint density at radius 3 is 0.822 bits per heavy atom. The quantitative estimate of drug-likeness (QED) is 0.0763. The maximum atomic E-state index is 11.2. The number of benzene rings is 6. The Hall–Kier alpha value is -0.214. The Balaban J connectivity index is 0.000000550. The molecule has 0 radical (unpaired) electrons. The van der Waals surface area contributed by atoms with Crippen LogP contribution in [0, 0.1) is 13.8 Å². The number of nitrogens with zero attached hydrogens (tertiary/aromatic N) is 5. The number of aliphatic imine (C=N–C) groups is 5. The topological polar surface area (TPSA) is 172 Å². The SMILES string of the molecule is CN=Cc1c(-c2ccccc2)ccc(C2CCCCCCCCCCC2)c1O.CN=Cc1c(C)ccc(C2CCCCCCCCCCC2)c1O.CN=Cc1cc(C)cc(C2CCCCCCCCCCC2)c1O.CN=Cc1cc(OC)cc(C2CCCCCCCCCCC2)c1O.CN=Cc1cccc(C2CCCCCCCCCCC2)c1O.[Cl][Zr][Cl].[Cl][Zr][Cl].[Cl][Zr][Cl].[Cl][Zr][Cl].[Cl][Zr][Cl]. The van der Waals surface area contributed by atoms with Crippen LogP contribution in [0.1, 0.15) is 449 Å². The van der Waals surface area contributed by atoms with Crippen molar-refractivity contribution in [3.63, 3.8) is 0 Å². The van der Waals surface area contributed by atoms with Crippen LogP contribution in [0.5, 0.6) is 34.5 Å². The van der Waals surface area contributed by atoms with Crippen LogP contribution in [0.3, 0.4) is 0 Å². The van der Waals surface area contributed by atoms with Crippen molar-refractivity contribution >= 4 is 116 Å². The monoisotopic (exact) mass is 2440 g/mol. The van der Waals surface area contributed by atoms with Gasteiger partial charge in [-0.1, -0.05) is 362 Å². The van der Waals surface area contributed by atoms with E-state index in [-0.39, 0.29) is 0 Å². The van der Waals surface area contributed by atoms with Crippen molar-refractivity contribution in [2.24, 2.45) is 25.0 Å². The van der Waals surface area contributed by atoms with Crippen LogP contribution < -0.4 is 4.74 Å². The van der Waals surface area contributed by atoms with Gasteiger partial charge in [0.1, 0.15) is 34.5 Å². The first-order valence-corrected chi connectivity index (χ1v) is 82.3. The van der Waals surface area contributed by atoms with E-state index in [1.165, 1.54) is 346 Å². The molecule has 11 rings (SSSR count). The van der Waals surface area contributed by atoms with E-state index in [1.807, 2.05) is 55.6 Å². The number of phenols is 5. The van der Waals surface area contributed by atoms with Gasteiger partial charge in [0.2, 0.25) is 0 Å². The Morgan fingerprint density at radius 1 is 0.259 bits per heavy atom. The Kier molecular flexibility index (Phi) is 87.3. The molecule has 5 aliphatic rings. The molecule has 6 aromatic rings. The molecule has 0 atom stereocenters. The number of phenolic OH excluding ortho intramolecular Hbond substituents is 5. The molecule has 0 aliphatic heterocycles. The van der Waals surface area contributed by atoms with Gasteiger partial charge in [0, 0.05) is 99.7 Å². The normalized spacial score (nSPS) is 17.4. The zero-order chi connectivity index (χ0) is 99.0. The van der Waals surface area contributed by atoms with Gasteiger partial charge in [-0.2, -0.15) is 0 Å². The third-order valence-electron chi connectivity index (χ3n) is 26.6. The predicted octanol–water partition coefficient (Wildman–Crippen LogP) is 38.3. The van der Waals surface area contributed by atoms with Crippen molar-refractivity contribution in [3.8, 4) is 45.6 Å². The molecule has 11 nitrogen and oxygen atoms in total. The minimum absolute atomic E-state index is 0.387. The molecule has 5 N–H and O–H groups in total. The number of rotatable bonds is 12. The minimum atomic E-state index is -0.826. The molecule has 0 heterocycles. The predicted molar refractivity (Wildman–Crippen MR) is 576 cm³/mol. The van der Waals surface area contributed by atoms with Crippen molar-refractivity contribution in [2.75, 3.05) is 42.3 Å². The Bertz CT molecular complexity index is 4020. The zero-order valence-corrected chi connectivity index (χ0v) is 103. The summed E-state index contributed by atoms with van der Waals surface area (Å²) in [7, 11) is 59.8. The van der Waals surface area contributed by atoms with Crippen molar-refractivity contribution in [3.05, 3.63) is 164 Å². The van der Waals surface area contributed by atoms with Crippen molar-refractivity contribution in [2.45, 2.75) is 397 Å². The Labute approximate surface area is 912 Å². The summed E-state index contributed by atoms with van der Waals surface area (Å²) in [6.45, 7) is 4.16. The molecule has 26 heteroatoms. The molecule has 0 bridgehead atoms. The van der Waals surface area contributed by atoms with E-state index >= 15 is 0 Å². The third-order valence-corrected chi connectivity index (χ3v) is 26.6. The van der Waals surface area contributed by atoms with Gasteiger partial charge in [0.25, 0.3) is 0 Å². The number of aromatic hydroxyl groups is 5. The number of ether oxygens (including phenoxy) is 1. The van der Waals surface area contributed by atoms with Gasteiger partial charge in [0.15, 0.2) is 0 Å². The van der Waals surface area contributed by atoms with Crippen molar-refractivity contribution in [1.82, 2.24) is 0 Å². The first-order chi connectivity index (χ1) is 65.9. The molecule has 0 aromatic heterocycles. The van der Waals surface area contributed by atoms with Crippen LogP contribution >= 0.6 is 85.1 Å². The fourth-order valence-electron chi connectivity index (χ4n) is 19.7. The van der Waals surface area contributed by atoms with Crippen molar-refractivity contribution < 1.29 is 135 Å². The zero-order valence-electron chi connectivity index (χ0n) is 83.1. The van der Waals surface area contributed by atoms with Gasteiger partial charge in [-0.25, -0.2) is 0 Å². The molecule has 752 valence electrons. The number of hydrogen-bond acceptors (Lipinski definition) is 11. The van der Waals surface area contributed by atoms with Gasteiger partial charge >= 0.3 is 189 Å². The van der Waals surface area contributed by atoms with Gasteiger partial charge in [0.05, 0.1) is 7.11 Å². The molecule has 6 aromatic carbocycles. The van der Waals surface area contributed by atoms with E-state index in [2.05, 4.69) is 86.5 Å². The van der Waals surface area contributed by atoms with Crippen molar-refractivity contribution in [1.29, 1.82) is 0 Å². The molecule has 0 saturated heterocycles. The average molecular weight is 2450 g/mol. The van der Waals surface area contributed by atoms with Crippen LogP contribution in [0.4, 0.5) is 0 Å². The number of hydrogen-bond donors (Lipinski definition) is 5. The van der Waals surface area contributed by atoms with E-state index in [0.29, 0.717) is 58.3 Å². The van der Waals surface area contributed by atoms with Crippen LogP contribution in [0.15, 0.2) is 122 Å². The molecule has 135 heavy (non-hydrogen) atoms. The fraction of sp³-hybridized carbons (Fsp3) is 0.624. The summed E-state index contributed by atoms with van der Waals surface area (Å²) in [5.41, 5.74) is 14.3. The maximum absolute atomic E-state index is 11.2. The van der Waals surface area contributed by atoms with Gasteiger partial charge in [-0.05, 0) is 176 Å². The standard InChI is InChI=1S/C26H35NO.C21H33NO2.2C21H33NO.C20H31NO.10ClH.5Zr/c1-27-20-25-23(21-14-12-9-13-15-21)18-19-24(26(25)28)22-16-10-7-5-3-2-4-6-8-11-17-22;1-22-16-18-14-19(24-2)15-20(21(18)23)17-12-10-8-6-4-3-5-7-9-11-13-17;1-17-14-19(16-22-2)21(23)20(15-17)18-12-10-8-6-4-3-5-7-9-11-13-18;1-17-14-15-19(21(23)20(17)16-22-2)18-12-10-8-6-4-3-5-7-9-11-13-18;1-21-16-18-14-11-15-19(20(18)22)17-12-9-7-5-3-2-4-6-8-10-13-17;;;;;;;;;;;;;;;/h9,12-15,18-20,22,28H,2-8,10-11,16-17H2,1H3;14-17,23H,3-13H2,1-2H3;2*14-16,18,23H,3-13H2,1-2H3;11,14-17,22H,2-10,12-13H2,1H3;10*1H;;;;;/q;;;;;;;;;;;;;;;5*+2/p-10. The van der Waals surface area contributed by atoms with Crippen LogP contribution in [-0.2, 0) is 104 Å². The summed E-state index contributed by atoms with van der Waals surface area (Å²) in [5.74, 6) is 5.38. The van der Waals surface area contributed by atoms with Gasteiger partial charge < -0.3 is 30.3 Å². The molecule has 0 unspecified atom stereocenters. The summed E-state index contributed by atoms with van der Waals surface area (Å²) in [5, 5.41) is 54.0. The molecule has 5 aliphatic carbocycles. The molecule has 5 saturated carbocycles. The molecule has 0 amide bonds. The number of halogens is 10. The second-order valence-electron chi connectivity index (χ2n) is 36.4. The van der Waals surface area contributed by atoms with E-state index in [9.17, 15) is 25.5 Å². The third kappa shape index (κ3) is 58.8. The molecular weight excluding hydrogens is 2290 g/mol. The van der Waals surface area contributed by atoms with Gasteiger partial charge in [-0.15, -0.1) is 0 Å². The van der Waals surface area contributed by atoms with E-state index in [0.717, 1.165) is 90.9 Å². The second kappa shape index (κ2) is 90.1. The fourth-order valence-corrected chi connectivity index (χ4v) is 19.7. The number of aryl methyl sites for hydroxylation is 2. The average Bonchev–Trinajstić information content (AvgIpc) is 0.812. The van der Waals surface area contributed by atoms with Crippen LogP contribution in [0.25, 0.3) is 11.1 Å². The number of para-hydroxylation sites is 1. The number of methoxy groups -OCH3 is 1. The van der Waals surface area contributed by atoms with Gasteiger partial charge in [-0.3, -0.25) is 25.0 Å². The summed E-state index contributed by atoms with van der Waals surface area (Å²) < 4.78 is 5.45. The van der Waals surface area contributed by atoms with Crippen LogP contribution in [-0.4, -0.2) is 99.0 Å². The van der Waals surface area contributed by atoms with E-state index < -0.39 is 104 Å². The summed E-state index contributed by atoms with van der Waals surface area (Å²) in [6, 6.07) is 33.2. The first-order valence-electron chi connectivity index (χ1n) is 50.7. The molecular formula is C109H165Cl10N5O6Zr5. The first kappa shape index (κ1) is 131. The summed E-state index contributed by atoms with van der Waals surface area (Å²) in [6.07, 6.45) is 81.5. The summed E-state index contributed by atoms with van der Waals surface area (Å²) >= 11 is -4.13.